The highest BCUT2D eigenvalue weighted by Gasteiger charge is 2.43. The second kappa shape index (κ2) is 4.69. The molecule has 0 radical (unpaired) electrons. The fourth-order valence-corrected chi connectivity index (χ4v) is 2.44. The summed E-state index contributed by atoms with van der Waals surface area (Å²) in [5, 5.41) is 8.88. The normalized spacial score (nSPS) is 25.1. The molecule has 1 N–H and O–H groups in total. The molecule has 2 heteroatoms. The van der Waals surface area contributed by atoms with Gasteiger partial charge in [-0.05, 0) is 36.7 Å². The summed E-state index contributed by atoms with van der Waals surface area (Å²) in [5.41, 5.74) is 1.35. The lowest BCUT2D eigenvalue weighted by atomic mass is 9.91. The molecule has 0 saturated heterocycles. The average molecular weight is 218 g/mol. The van der Waals surface area contributed by atoms with Crippen LogP contribution in [0.3, 0.4) is 0 Å². The van der Waals surface area contributed by atoms with E-state index in [1.165, 1.54) is 5.56 Å². The maximum absolute atomic E-state index is 10.8. The van der Waals surface area contributed by atoms with Crippen LogP contribution < -0.4 is 0 Å². The van der Waals surface area contributed by atoms with E-state index in [-0.39, 0.29) is 5.92 Å². The van der Waals surface area contributed by atoms with E-state index in [9.17, 15) is 4.79 Å². The Hall–Kier alpha value is -1.31. The predicted molar refractivity (Wildman–Crippen MR) is 63.3 cm³/mol. The van der Waals surface area contributed by atoms with Crippen molar-refractivity contribution in [2.24, 2.45) is 11.8 Å². The van der Waals surface area contributed by atoms with Gasteiger partial charge in [-0.15, -0.1) is 0 Å². The lowest BCUT2D eigenvalue weighted by molar-refractivity contribution is -0.138. The summed E-state index contributed by atoms with van der Waals surface area (Å²) in [7, 11) is 0. The third kappa shape index (κ3) is 2.43. The fraction of sp³-hybridized carbons (Fsp3) is 0.500. The van der Waals surface area contributed by atoms with Crippen molar-refractivity contribution < 1.29 is 9.90 Å². The molecule has 1 saturated carbocycles. The van der Waals surface area contributed by atoms with Crippen molar-refractivity contribution in [1.29, 1.82) is 0 Å². The Morgan fingerprint density at radius 1 is 1.44 bits per heavy atom. The van der Waals surface area contributed by atoms with Gasteiger partial charge < -0.3 is 5.11 Å². The Balaban J connectivity index is 1.95. The first-order chi connectivity index (χ1) is 7.72. The van der Waals surface area contributed by atoms with Crippen molar-refractivity contribution in [3.63, 3.8) is 0 Å². The highest BCUT2D eigenvalue weighted by Crippen LogP contribution is 2.45. The van der Waals surface area contributed by atoms with Gasteiger partial charge in [-0.3, -0.25) is 4.79 Å². The lowest BCUT2D eigenvalue weighted by Crippen LogP contribution is -2.03. The van der Waals surface area contributed by atoms with Crippen LogP contribution in [-0.2, 0) is 4.79 Å². The number of rotatable bonds is 5. The summed E-state index contributed by atoms with van der Waals surface area (Å²) in [4.78, 5) is 10.8. The number of aliphatic carboxylic acids is 1. The first-order valence-corrected chi connectivity index (χ1v) is 6.00. The molecule has 1 aromatic rings. The zero-order chi connectivity index (χ0) is 11.5. The Kier molecular flexibility index (Phi) is 3.28. The highest BCUT2D eigenvalue weighted by molar-refractivity contribution is 5.73. The predicted octanol–water partition coefficient (Wildman–Crippen LogP) is 3.29. The molecule has 0 bridgehead atoms. The maximum Gasteiger partial charge on any atom is 0.306 e. The van der Waals surface area contributed by atoms with E-state index >= 15 is 0 Å². The summed E-state index contributed by atoms with van der Waals surface area (Å²) in [6.45, 7) is 2.18. The minimum Gasteiger partial charge on any atom is -0.481 e. The first-order valence-electron chi connectivity index (χ1n) is 6.00. The van der Waals surface area contributed by atoms with Gasteiger partial charge in [0.05, 0.1) is 5.92 Å². The number of carboxylic acids is 1. The first kappa shape index (κ1) is 11.2. The van der Waals surface area contributed by atoms with Gasteiger partial charge >= 0.3 is 5.97 Å². The minimum atomic E-state index is -0.618. The number of carbonyl (C=O) groups is 1. The summed E-state index contributed by atoms with van der Waals surface area (Å²) in [6.07, 6.45) is 2.99. The van der Waals surface area contributed by atoms with Crippen molar-refractivity contribution in [2.75, 3.05) is 0 Å². The van der Waals surface area contributed by atoms with Gasteiger partial charge in [0.25, 0.3) is 0 Å². The molecule has 1 aliphatic carbocycles. The molecule has 86 valence electrons. The minimum absolute atomic E-state index is 0.0715. The SMILES string of the molecule is CCC(CC1CC1C(=O)O)c1ccccc1. The smallest absolute Gasteiger partial charge is 0.306 e. The van der Waals surface area contributed by atoms with Gasteiger partial charge in [0.1, 0.15) is 0 Å². The van der Waals surface area contributed by atoms with E-state index in [0.29, 0.717) is 11.8 Å². The maximum atomic E-state index is 10.8. The van der Waals surface area contributed by atoms with Crippen LogP contribution in [0, 0.1) is 11.8 Å². The quantitative estimate of drug-likeness (QED) is 0.823. The van der Waals surface area contributed by atoms with Crippen LogP contribution in [0.1, 0.15) is 37.7 Å². The molecule has 0 spiro atoms. The van der Waals surface area contributed by atoms with E-state index in [1.807, 2.05) is 6.07 Å². The Morgan fingerprint density at radius 3 is 2.62 bits per heavy atom. The topological polar surface area (TPSA) is 37.3 Å². The van der Waals surface area contributed by atoms with E-state index in [1.54, 1.807) is 0 Å². The van der Waals surface area contributed by atoms with Gasteiger partial charge in [0, 0.05) is 0 Å². The van der Waals surface area contributed by atoms with Crippen LogP contribution in [0.2, 0.25) is 0 Å². The summed E-state index contributed by atoms with van der Waals surface area (Å²) >= 11 is 0. The molecule has 0 amide bonds. The number of benzene rings is 1. The van der Waals surface area contributed by atoms with Crippen LogP contribution in [0.4, 0.5) is 0 Å². The van der Waals surface area contributed by atoms with Crippen LogP contribution >= 0.6 is 0 Å². The van der Waals surface area contributed by atoms with Crippen molar-refractivity contribution in [1.82, 2.24) is 0 Å². The Labute approximate surface area is 96.3 Å². The van der Waals surface area contributed by atoms with E-state index in [2.05, 4.69) is 31.2 Å². The van der Waals surface area contributed by atoms with Crippen LogP contribution in [0.5, 0.6) is 0 Å². The summed E-state index contributed by atoms with van der Waals surface area (Å²) < 4.78 is 0. The lowest BCUT2D eigenvalue weighted by Gasteiger charge is -2.14. The number of hydrogen-bond acceptors (Lipinski definition) is 1. The second-order valence-corrected chi connectivity index (χ2v) is 4.69. The highest BCUT2D eigenvalue weighted by atomic mass is 16.4. The van der Waals surface area contributed by atoms with Gasteiger partial charge in [0.2, 0.25) is 0 Å². The molecule has 1 aromatic carbocycles. The van der Waals surface area contributed by atoms with Gasteiger partial charge in [-0.1, -0.05) is 37.3 Å². The van der Waals surface area contributed by atoms with Gasteiger partial charge in [-0.2, -0.15) is 0 Å². The van der Waals surface area contributed by atoms with Crippen molar-refractivity contribution in [2.45, 2.75) is 32.1 Å². The molecular weight excluding hydrogens is 200 g/mol. The van der Waals surface area contributed by atoms with E-state index in [0.717, 1.165) is 19.3 Å². The van der Waals surface area contributed by atoms with Crippen molar-refractivity contribution in [3.05, 3.63) is 35.9 Å². The average Bonchev–Trinajstić information content (AvgIpc) is 3.06. The molecule has 3 unspecified atom stereocenters. The third-order valence-electron chi connectivity index (χ3n) is 3.59. The standard InChI is InChI=1S/C14H18O2/c1-2-10(11-6-4-3-5-7-11)8-12-9-13(12)14(15)16/h3-7,10,12-13H,2,8-9H2,1H3,(H,15,16). The molecule has 2 rings (SSSR count). The molecule has 0 heterocycles. The molecule has 0 aliphatic heterocycles. The molecule has 2 nitrogen and oxygen atoms in total. The molecule has 16 heavy (non-hydrogen) atoms. The third-order valence-corrected chi connectivity index (χ3v) is 3.59. The van der Waals surface area contributed by atoms with Crippen LogP contribution in [-0.4, -0.2) is 11.1 Å². The number of hydrogen-bond donors (Lipinski definition) is 1. The van der Waals surface area contributed by atoms with Gasteiger partial charge in [0.15, 0.2) is 0 Å². The fourth-order valence-electron chi connectivity index (χ4n) is 2.44. The molecular formula is C14H18O2. The van der Waals surface area contributed by atoms with E-state index in [4.69, 9.17) is 5.11 Å². The molecule has 1 aliphatic rings. The van der Waals surface area contributed by atoms with Crippen molar-refractivity contribution in [3.8, 4) is 0 Å². The van der Waals surface area contributed by atoms with Crippen LogP contribution in [0.25, 0.3) is 0 Å². The second-order valence-electron chi connectivity index (χ2n) is 4.69. The Morgan fingerprint density at radius 2 is 2.12 bits per heavy atom. The van der Waals surface area contributed by atoms with E-state index < -0.39 is 5.97 Å². The summed E-state index contributed by atoms with van der Waals surface area (Å²) in [5.74, 6) is 0.240. The number of carboxylic acid groups (broad SMARTS) is 1. The largest absolute Gasteiger partial charge is 0.481 e. The Bertz CT molecular complexity index is 358. The monoisotopic (exact) mass is 218 g/mol. The molecule has 0 aromatic heterocycles. The van der Waals surface area contributed by atoms with Gasteiger partial charge in [-0.25, -0.2) is 0 Å². The summed E-state index contributed by atoms with van der Waals surface area (Å²) in [6, 6.07) is 10.4. The van der Waals surface area contributed by atoms with Crippen molar-refractivity contribution >= 4 is 5.97 Å². The zero-order valence-electron chi connectivity index (χ0n) is 9.60. The molecule has 1 fully saturated rings. The molecule has 3 atom stereocenters. The van der Waals surface area contributed by atoms with Crippen LogP contribution in [0.15, 0.2) is 30.3 Å². The zero-order valence-corrected chi connectivity index (χ0v) is 9.60.